The molecule has 0 saturated carbocycles. The number of fused-ring (bicyclic) bond motifs is 2. The molecule has 0 saturated heterocycles. The number of pyridine rings is 1. The Morgan fingerprint density at radius 3 is 2.52 bits per heavy atom. The van der Waals surface area contributed by atoms with Crippen LogP contribution >= 0.6 is 11.6 Å². The first-order valence-electron chi connectivity index (χ1n) is 10.1. The normalized spacial score (nSPS) is 14.5. The van der Waals surface area contributed by atoms with Gasteiger partial charge in [-0.1, -0.05) is 41.9 Å². The molecule has 2 N–H and O–H groups in total. The van der Waals surface area contributed by atoms with Crippen molar-refractivity contribution in [1.82, 2.24) is 4.57 Å². The maximum absolute atomic E-state index is 13.5. The number of para-hydroxylation sites is 2. The third-order valence-corrected chi connectivity index (χ3v) is 5.67. The molecule has 2 heterocycles. The molecule has 162 valence electrons. The molecule has 0 bridgehead atoms. The summed E-state index contributed by atoms with van der Waals surface area (Å²) in [5.74, 6) is -0.611. The SMILES string of the molecule is C/C(=N/N=C1/C(=O)Nc2cc(Cl)ccc21)c1c(O)c2ccccc2n(-c2ccccc2)c1=O. The lowest BCUT2D eigenvalue weighted by Crippen LogP contribution is -2.25. The Labute approximate surface area is 193 Å². The molecule has 33 heavy (non-hydrogen) atoms. The van der Waals surface area contributed by atoms with E-state index in [-0.39, 0.29) is 22.7 Å². The van der Waals surface area contributed by atoms with Gasteiger partial charge in [-0.05, 0) is 49.4 Å². The van der Waals surface area contributed by atoms with Crippen LogP contribution in [0.15, 0.2) is 87.8 Å². The van der Waals surface area contributed by atoms with Crippen molar-refractivity contribution in [3.05, 3.63) is 99.3 Å². The Morgan fingerprint density at radius 1 is 1.00 bits per heavy atom. The zero-order chi connectivity index (χ0) is 23.1. The second kappa shape index (κ2) is 8.03. The molecule has 5 rings (SSSR count). The topological polar surface area (TPSA) is 96.0 Å². The van der Waals surface area contributed by atoms with E-state index in [2.05, 4.69) is 15.5 Å². The van der Waals surface area contributed by atoms with Crippen LogP contribution in [0.1, 0.15) is 18.1 Å². The lowest BCUT2D eigenvalue weighted by Gasteiger charge is -2.14. The molecule has 8 heteroatoms. The van der Waals surface area contributed by atoms with Crippen molar-refractivity contribution >= 4 is 45.5 Å². The van der Waals surface area contributed by atoms with E-state index in [1.807, 2.05) is 30.3 Å². The van der Waals surface area contributed by atoms with Gasteiger partial charge in [-0.15, -0.1) is 5.10 Å². The fourth-order valence-electron chi connectivity index (χ4n) is 3.89. The number of anilines is 1. The number of aromatic nitrogens is 1. The summed E-state index contributed by atoms with van der Waals surface area (Å²) in [7, 11) is 0. The Bertz CT molecular complexity index is 1560. The van der Waals surface area contributed by atoms with Gasteiger partial charge >= 0.3 is 0 Å². The molecule has 0 unspecified atom stereocenters. The van der Waals surface area contributed by atoms with E-state index in [0.29, 0.717) is 32.9 Å². The summed E-state index contributed by atoms with van der Waals surface area (Å²) in [6, 6.07) is 21.2. The standard InChI is InChI=1S/C25H17ClN4O3/c1-14(28-29-22-17-12-11-15(26)13-19(17)27-24(22)32)21-23(31)18-9-5-6-10-20(18)30(25(21)33)16-7-3-2-4-8-16/h2-13,31H,1H3,(H,27,29,32)/b28-14-. The van der Waals surface area contributed by atoms with Gasteiger partial charge in [0.05, 0.1) is 16.9 Å². The zero-order valence-electron chi connectivity index (χ0n) is 17.4. The Hall–Kier alpha value is -4.23. The Kier molecular flexibility index (Phi) is 5.03. The quantitative estimate of drug-likeness (QED) is 0.350. The van der Waals surface area contributed by atoms with E-state index in [1.54, 1.807) is 49.4 Å². The van der Waals surface area contributed by atoms with Gasteiger partial charge in [0, 0.05) is 21.7 Å². The number of carbonyl (C=O) groups is 1. The summed E-state index contributed by atoms with van der Waals surface area (Å²) in [6.07, 6.45) is 0. The van der Waals surface area contributed by atoms with Crippen LogP contribution in [-0.4, -0.2) is 27.0 Å². The van der Waals surface area contributed by atoms with Crippen molar-refractivity contribution in [2.24, 2.45) is 10.2 Å². The fourth-order valence-corrected chi connectivity index (χ4v) is 4.06. The summed E-state index contributed by atoms with van der Waals surface area (Å²) in [6.45, 7) is 1.57. The third-order valence-electron chi connectivity index (χ3n) is 5.43. The van der Waals surface area contributed by atoms with Crippen LogP contribution in [0.4, 0.5) is 5.69 Å². The number of amides is 1. The summed E-state index contributed by atoms with van der Waals surface area (Å²) in [5.41, 5.74) is 2.17. The predicted molar refractivity (Wildman–Crippen MR) is 130 cm³/mol. The largest absolute Gasteiger partial charge is 0.506 e. The summed E-state index contributed by atoms with van der Waals surface area (Å²) < 4.78 is 1.52. The average Bonchev–Trinajstić information content (AvgIpc) is 3.12. The van der Waals surface area contributed by atoms with Crippen molar-refractivity contribution in [2.75, 3.05) is 5.32 Å². The van der Waals surface area contributed by atoms with Gasteiger partial charge in [-0.3, -0.25) is 14.2 Å². The van der Waals surface area contributed by atoms with Crippen LogP contribution < -0.4 is 10.9 Å². The first kappa shape index (κ1) is 20.7. The molecule has 0 radical (unpaired) electrons. The number of halogens is 1. The van der Waals surface area contributed by atoms with Crippen molar-refractivity contribution in [2.45, 2.75) is 6.92 Å². The van der Waals surface area contributed by atoms with Crippen molar-refractivity contribution in [3.8, 4) is 11.4 Å². The fraction of sp³-hybridized carbons (Fsp3) is 0.0400. The predicted octanol–water partition coefficient (Wildman–Crippen LogP) is 4.52. The van der Waals surface area contributed by atoms with E-state index >= 15 is 0 Å². The smallest absolute Gasteiger partial charge is 0.276 e. The van der Waals surface area contributed by atoms with Crippen LogP contribution in [0.25, 0.3) is 16.6 Å². The molecule has 0 spiro atoms. The Balaban J connectivity index is 1.70. The number of benzene rings is 3. The van der Waals surface area contributed by atoms with E-state index in [0.717, 1.165) is 0 Å². The number of nitrogens with zero attached hydrogens (tertiary/aromatic N) is 3. The van der Waals surface area contributed by atoms with Crippen molar-refractivity contribution in [3.63, 3.8) is 0 Å². The van der Waals surface area contributed by atoms with Crippen LogP contribution in [0, 0.1) is 0 Å². The van der Waals surface area contributed by atoms with Crippen LogP contribution in [0.2, 0.25) is 5.02 Å². The molecule has 0 atom stereocenters. The second-order valence-electron chi connectivity index (χ2n) is 7.49. The highest BCUT2D eigenvalue weighted by Crippen LogP contribution is 2.29. The van der Waals surface area contributed by atoms with E-state index in [1.165, 1.54) is 4.57 Å². The molecular formula is C25H17ClN4O3. The minimum atomic E-state index is -0.443. The molecular weight excluding hydrogens is 440 g/mol. The average molecular weight is 457 g/mol. The number of hydrogen-bond acceptors (Lipinski definition) is 5. The zero-order valence-corrected chi connectivity index (χ0v) is 18.2. The molecule has 1 aliphatic rings. The van der Waals surface area contributed by atoms with Crippen molar-refractivity contribution < 1.29 is 9.90 Å². The van der Waals surface area contributed by atoms with Gasteiger partial charge in [-0.2, -0.15) is 5.10 Å². The van der Waals surface area contributed by atoms with Gasteiger partial charge in [0.15, 0.2) is 5.71 Å². The summed E-state index contributed by atoms with van der Waals surface area (Å²) in [5, 5.41) is 22.9. The van der Waals surface area contributed by atoms with E-state index in [9.17, 15) is 14.7 Å². The highest BCUT2D eigenvalue weighted by atomic mass is 35.5. The summed E-state index contributed by atoms with van der Waals surface area (Å²) in [4.78, 5) is 25.9. The minimum absolute atomic E-state index is 0.0108. The molecule has 1 amide bonds. The molecule has 1 aromatic heterocycles. The lowest BCUT2D eigenvalue weighted by atomic mass is 10.1. The van der Waals surface area contributed by atoms with Crippen molar-refractivity contribution in [1.29, 1.82) is 0 Å². The van der Waals surface area contributed by atoms with E-state index < -0.39 is 11.5 Å². The second-order valence-corrected chi connectivity index (χ2v) is 7.93. The molecule has 1 aliphatic heterocycles. The number of aromatic hydroxyl groups is 1. The minimum Gasteiger partial charge on any atom is -0.506 e. The maximum Gasteiger partial charge on any atom is 0.276 e. The highest BCUT2D eigenvalue weighted by molar-refractivity contribution is 6.54. The number of rotatable bonds is 3. The number of hydrogen-bond donors (Lipinski definition) is 2. The summed E-state index contributed by atoms with van der Waals surface area (Å²) >= 11 is 5.99. The molecule has 7 nitrogen and oxygen atoms in total. The molecule has 3 aromatic carbocycles. The number of nitrogens with one attached hydrogen (secondary N) is 1. The van der Waals surface area contributed by atoms with Gasteiger partial charge in [-0.25, -0.2) is 0 Å². The number of carbonyl (C=O) groups excluding carboxylic acids is 1. The van der Waals surface area contributed by atoms with Gasteiger partial charge in [0.1, 0.15) is 11.3 Å². The molecule has 4 aromatic rings. The van der Waals surface area contributed by atoms with Gasteiger partial charge < -0.3 is 10.4 Å². The Morgan fingerprint density at radius 2 is 1.73 bits per heavy atom. The first-order chi connectivity index (χ1) is 16.0. The maximum atomic E-state index is 13.5. The van der Waals surface area contributed by atoms with E-state index in [4.69, 9.17) is 11.6 Å². The van der Waals surface area contributed by atoms with Crippen LogP contribution in [-0.2, 0) is 4.79 Å². The van der Waals surface area contributed by atoms with Crippen LogP contribution in [0.5, 0.6) is 5.75 Å². The molecule has 0 fully saturated rings. The highest BCUT2D eigenvalue weighted by Gasteiger charge is 2.26. The van der Waals surface area contributed by atoms with Crippen LogP contribution in [0.3, 0.4) is 0 Å². The lowest BCUT2D eigenvalue weighted by molar-refractivity contribution is -0.110. The first-order valence-corrected chi connectivity index (χ1v) is 10.5. The van der Waals surface area contributed by atoms with Gasteiger partial charge in [0.25, 0.3) is 11.5 Å². The monoisotopic (exact) mass is 456 g/mol. The van der Waals surface area contributed by atoms with Gasteiger partial charge in [0.2, 0.25) is 0 Å². The third kappa shape index (κ3) is 3.48. The molecule has 0 aliphatic carbocycles.